The zero-order valence-electron chi connectivity index (χ0n) is 19.8. The van der Waals surface area contributed by atoms with Gasteiger partial charge in [0.2, 0.25) is 0 Å². The van der Waals surface area contributed by atoms with Gasteiger partial charge >= 0.3 is 0 Å². The number of aryl methyl sites for hydroxylation is 2. The quantitative estimate of drug-likeness (QED) is 0.469. The Balaban J connectivity index is 1.56. The van der Waals surface area contributed by atoms with Crippen molar-refractivity contribution in [2.45, 2.75) is 57.8 Å². The molecule has 0 radical (unpaired) electrons. The van der Waals surface area contributed by atoms with E-state index in [0.29, 0.717) is 47.0 Å². The number of fused-ring (bicyclic) bond motifs is 1. The van der Waals surface area contributed by atoms with Crippen LogP contribution in [0.1, 0.15) is 71.2 Å². The highest BCUT2D eigenvalue weighted by Crippen LogP contribution is 2.30. The van der Waals surface area contributed by atoms with Crippen LogP contribution in [0.2, 0.25) is 0 Å². The van der Waals surface area contributed by atoms with Crippen LogP contribution in [0.25, 0.3) is 0 Å². The maximum absolute atomic E-state index is 13.0. The molecular weight excluding hydrogens is 450 g/mol. The fraction of sp³-hybridized carbons (Fsp3) is 0.308. The van der Waals surface area contributed by atoms with Crippen molar-refractivity contribution in [1.29, 1.82) is 0 Å². The number of sulfonamides is 1. The minimum Gasteiger partial charge on any atom is -0.455 e. The highest BCUT2D eigenvalue weighted by Gasteiger charge is 2.28. The van der Waals surface area contributed by atoms with Gasteiger partial charge in [0.15, 0.2) is 5.76 Å². The summed E-state index contributed by atoms with van der Waals surface area (Å²) in [5.74, 6) is 0.931. The summed E-state index contributed by atoms with van der Waals surface area (Å²) in [5, 5.41) is 7.11. The molecule has 0 fully saturated rings. The lowest BCUT2D eigenvalue weighted by Gasteiger charge is -2.14. The van der Waals surface area contributed by atoms with E-state index in [0.717, 1.165) is 12.0 Å². The largest absolute Gasteiger partial charge is 0.455 e. The van der Waals surface area contributed by atoms with Gasteiger partial charge in [-0.05, 0) is 62.4 Å². The Morgan fingerprint density at radius 1 is 1.00 bits per heavy atom. The molecule has 0 unspecified atom stereocenters. The summed E-state index contributed by atoms with van der Waals surface area (Å²) in [6.45, 7) is 7.92. The maximum Gasteiger partial charge on any atom is 0.291 e. The molecule has 1 aromatic heterocycles. The number of hydrazone groups is 1. The third-order valence-electron chi connectivity index (χ3n) is 6.00. The van der Waals surface area contributed by atoms with Gasteiger partial charge in [0.1, 0.15) is 5.76 Å². The van der Waals surface area contributed by atoms with Gasteiger partial charge < -0.3 is 9.73 Å². The average molecular weight is 480 g/mol. The molecule has 0 bridgehead atoms. The van der Waals surface area contributed by atoms with Crippen LogP contribution in [-0.4, -0.2) is 20.0 Å². The Morgan fingerprint density at radius 2 is 1.68 bits per heavy atom. The number of carbonyl (C=O) groups excluding carboxylic acids is 1. The Morgan fingerprint density at radius 3 is 2.32 bits per heavy atom. The summed E-state index contributed by atoms with van der Waals surface area (Å²) >= 11 is 0. The van der Waals surface area contributed by atoms with E-state index in [9.17, 15) is 13.2 Å². The van der Waals surface area contributed by atoms with E-state index in [1.807, 2.05) is 31.2 Å². The van der Waals surface area contributed by atoms with E-state index in [4.69, 9.17) is 4.42 Å². The van der Waals surface area contributed by atoms with Crippen LogP contribution in [-0.2, 0) is 16.4 Å². The number of hydrogen-bond donors (Lipinski definition) is 2. The molecule has 1 heterocycles. The second-order valence-electron chi connectivity index (χ2n) is 8.91. The number of nitrogens with zero attached hydrogens (tertiary/aromatic N) is 1. The SMILES string of the molecule is Cc1ccc(S(=O)(=O)N/N=C2\CCCc3oc(C(=O)Nc4ccc(C(C)C)cc4)c(C)c32)cc1. The summed E-state index contributed by atoms with van der Waals surface area (Å²) in [6, 6.07) is 14.3. The standard InChI is InChI=1S/C26H29N3O4S/c1-16(2)19-10-12-20(13-11-19)27-26(30)25-18(4)24-22(6-5-7-23(24)33-25)28-29-34(31,32)21-14-8-17(3)9-15-21/h8-16,29H,5-7H2,1-4H3,(H,27,30)/b28-22+. The summed E-state index contributed by atoms with van der Waals surface area (Å²) in [4.78, 5) is 15.4. The fourth-order valence-electron chi connectivity index (χ4n) is 4.02. The highest BCUT2D eigenvalue weighted by molar-refractivity contribution is 7.89. The molecule has 7 nitrogen and oxygen atoms in total. The third kappa shape index (κ3) is 4.92. The van der Waals surface area contributed by atoms with Crippen LogP contribution in [0, 0.1) is 13.8 Å². The smallest absolute Gasteiger partial charge is 0.291 e. The van der Waals surface area contributed by atoms with E-state index in [2.05, 4.69) is 29.1 Å². The Hall–Kier alpha value is -3.39. The highest BCUT2D eigenvalue weighted by atomic mass is 32.2. The van der Waals surface area contributed by atoms with Crippen LogP contribution in [0.5, 0.6) is 0 Å². The number of amides is 1. The first-order valence-electron chi connectivity index (χ1n) is 11.3. The lowest BCUT2D eigenvalue weighted by molar-refractivity contribution is 0.0994. The van der Waals surface area contributed by atoms with Gasteiger partial charge in [-0.2, -0.15) is 18.4 Å². The summed E-state index contributed by atoms with van der Waals surface area (Å²) in [5.41, 5.74) is 4.77. The fourth-order valence-corrected chi connectivity index (χ4v) is 4.85. The Kier molecular flexibility index (Phi) is 6.61. The van der Waals surface area contributed by atoms with Crippen molar-refractivity contribution in [2.75, 3.05) is 5.32 Å². The van der Waals surface area contributed by atoms with Crippen molar-refractivity contribution in [3.05, 3.63) is 82.3 Å². The lowest BCUT2D eigenvalue weighted by Crippen LogP contribution is -2.22. The average Bonchev–Trinajstić information content (AvgIpc) is 3.15. The topological polar surface area (TPSA) is 101 Å². The van der Waals surface area contributed by atoms with Crippen molar-refractivity contribution in [3.63, 3.8) is 0 Å². The molecule has 34 heavy (non-hydrogen) atoms. The monoisotopic (exact) mass is 479 g/mol. The van der Waals surface area contributed by atoms with Crippen molar-refractivity contribution in [1.82, 2.24) is 4.83 Å². The Bertz CT molecular complexity index is 1340. The summed E-state index contributed by atoms with van der Waals surface area (Å²) < 4.78 is 31.2. The van der Waals surface area contributed by atoms with E-state index < -0.39 is 10.0 Å². The van der Waals surface area contributed by atoms with Crippen molar-refractivity contribution < 1.29 is 17.6 Å². The zero-order chi connectivity index (χ0) is 24.5. The van der Waals surface area contributed by atoms with Crippen LogP contribution in [0.3, 0.4) is 0 Å². The molecule has 178 valence electrons. The predicted octanol–water partition coefficient (Wildman–Crippen LogP) is 5.29. The molecule has 2 aromatic carbocycles. The van der Waals surface area contributed by atoms with E-state index in [-0.39, 0.29) is 16.6 Å². The molecule has 3 aromatic rings. The molecular formula is C26H29N3O4S. The molecule has 0 saturated heterocycles. The van der Waals surface area contributed by atoms with E-state index in [1.165, 1.54) is 5.56 Å². The summed E-state index contributed by atoms with van der Waals surface area (Å²) in [7, 11) is -3.80. The second-order valence-corrected chi connectivity index (χ2v) is 10.6. The van der Waals surface area contributed by atoms with Crippen molar-refractivity contribution >= 4 is 27.3 Å². The normalized spacial score (nSPS) is 14.8. The minimum atomic E-state index is -3.80. The number of furan rings is 1. The van der Waals surface area contributed by atoms with Crippen LogP contribution in [0.4, 0.5) is 5.69 Å². The number of benzene rings is 2. The van der Waals surface area contributed by atoms with E-state index >= 15 is 0 Å². The molecule has 0 aliphatic heterocycles. The van der Waals surface area contributed by atoms with Crippen LogP contribution >= 0.6 is 0 Å². The molecule has 0 atom stereocenters. The predicted molar refractivity (Wildman–Crippen MR) is 133 cm³/mol. The minimum absolute atomic E-state index is 0.144. The summed E-state index contributed by atoms with van der Waals surface area (Å²) in [6.07, 6.45) is 2.00. The molecule has 1 amide bonds. The third-order valence-corrected chi connectivity index (χ3v) is 7.22. The van der Waals surface area contributed by atoms with Gasteiger partial charge in [0.25, 0.3) is 15.9 Å². The molecule has 8 heteroatoms. The first-order chi connectivity index (χ1) is 16.2. The van der Waals surface area contributed by atoms with Crippen molar-refractivity contribution in [3.8, 4) is 0 Å². The molecule has 0 saturated carbocycles. The first-order valence-corrected chi connectivity index (χ1v) is 12.8. The van der Waals surface area contributed by atoms with Gasteiger partial charge in [-0.3, -0.25) is 4.79 Å². The molecule has 2 N–H and O–H groups in total. The number of hydrogen-bond acceptors (Lipinski definition) is 5. The van der Waals surface area contributed by atoms with E-state index in [1.54, 1.807) is 31.2 Å². The maximum atomic E-state index is 13.0. The first kappa shape index (κ1) is 23.8. The molecule has 1 aliphatic rings. The molecule has 0 spiro atoms. The number of carbonyl (C=O) groups is 1. The molecule has 4 rings (SSSR count). The second kappa shape index (κ2) is 9.46. The Labute approximate surface area is 200 Å². The van der Waals surface area contributed by atoms with Gasteiger partial charge in [-0.1, -0.05) is 43.7 Å². The molecule has 1 aliphatic carbocycles. The van der Waals surface area contributed by atoms with Gasteiger partial charge in [-0.25, -0.2) is 0 Å². The zero-order valence-corrected chi connectivity index (χ0v) is 20.6. The van der Waals surface area contributed by atoms with Gasteiger partial charge in [0.05, 0.1) is 10.6 Å². The van der Waals surface area contributed by atoms with Crippen molar-refractivity contribution in [2.24, 2.45) is 5.10 Å². The lowest BCUT2D eigenvalue weighted by atomic mass is 9.93. The number of rotatable bonds is 6. The van der Waals surface area contributed by atoms with Gasteiger partial charge in [0, 0.05) is 23.2 Å². The van der Waals surface area contributed by atoms with Gasteiger partial charge in [-0.15, -0.1) is 0 Å². The van der Waals surface area contributed by atoms with Crippen LogP contribution in [0.15, 0.2) is 62.9 Å². The number of anilines is 1. The number of nitrogens with one attached hydrogen (secondary N) is 2. The van der Waals surface area contributed by atoms with Crippen LogP contribution < -0.4 is 10.1 Å².